The number of benzene rings is 2. The van der Waals surface area contributed by atoms with Crippen LogP contribution in [0.2, 0.25) is 0 Å². The molecule has 162 valence electrons. The maximum absolute atomic E-state index is 12.4. The minimum atomic E-state index is -0.432. The first kappa shape index (κ1) is 21.4. The summed E-state index contributed by atoms with van der Waals surface area (Å²) < 4.78 is 11.6. The van der Waals surface area contributed by atoms with E-state index in [9.17, 15) is 4.79 Å². The molecule has 1 heterocycles. The number of hydrogen-bond donors (Lipinski definition) is 0. The molecular formula is C27H31NO3. The molecule has 0 saturated heterocycles. The predicted octanol–water partition coefficient (Wildman–Crippen LogP) is 6.03. The lowest BCUT2D eigenvalue weighted by Gasteiger charge is -2.20. The van der Waals surface area contributed by atoms with Crippen molar-refractivity contribution in [3.05, 3.63) is 71.4 Å². The number of esters is 1. The molecule has 2 aromatic carbocycles. The van der Waals surface area contributed by atoms with Crippen molar-refractivity contribution in [2.75, 3.05) is 0 Å². The van der Waals surface area contributed by atoms with Crippen LogP contribution in [0.4, 0.5) is 0 Å². The van der Waals surface area contributed by atoms with Crippen LogP contribution >= 0.6 is 0 Å². The van der Waals surface area contributed by atoms with Crippen LogP contribution in [0.15, 0.2) is 54.6 Å². The first-order valence-electron chi connectivity index (χ1n) is 10.9. The van der Waals surface area contributed by atoms with Crippen molar-refractivity contribution in [2.24, 2.45) is 11.3 Å². The second kappa shape index (κ2) is 7.99. The zero-order valence-electron chi connectivity index (χ0n) is 19.1. The number of para-hydroxylation sites is 1. The molecule has 2 atom stereocenters. The van der Waals surface area contributed by atoms with Gasteiger partial charge in [-0.15, -0.1) is 0 Å². The van der Waals surface area contributed by atoms with Crippen LogP contribution in [0.25, 0.3) is 10.9 Å². The second-order valence-electron chi connectivity index (χ2n) is 9.99. The van der Waals surface area contributed by atoms with Crippen molar-refractivity contribution < 1.29 is 14.3 Å². The normalized spacial score (nSPS) is 20.5. The summed E-state index contributed by atoms with van der Waals surface area (Å²) in [6.45, 7) is 10.4. The van der Waals surface area contributed by atoms with Gasteiger partial charge in [-0.3, -0.25) is 9.78 Å². The van der Waals surface area contributed by atoms with Gasteiger partial charge in [0.05, 0.1) is 11.4 Å². The molecule has 0 amide bonds. The Kier molecular flexibility index (Phi) is 5.50. The summed E-state index contributed by atoms with van der Waals surface area (Å²) in [7, 11) is 0. The lowest BCUT2D eigenvalue weighted by molar-refractivity contribution is -0.157. The van der Waals surface area contributed by atoms with E-state index in [2.05, 4.69) is 36.2 Å². The number of pyridine rings is 1. The second-order valence-corrected chi connectivity index (χ2v) is 9.99. The number of carbonyl (C=O) groups excluding carboxylic acids is 1. The SMILES string of the molecule is Cc1cc(COc2ccc(C[C@]3(C)CC3C(=O)OC(C)(C)C)cc2)c2ccccc2n1. The number of aryl methyl sites for hydroxylation is 1. The fourth-order valence-corrected chi connectivity index (χ4v) is 4.19. The first-order valence-corrected chi connectivity index (χ1v) is 10.9. The Balaban J connectivity index is 1.37. The summed E-state index contributed by atoms with van der Waals surface area (Å²) in [6.07, 6.45) is 1.75. The van der Waals surface area contributed by atoms with E-state index in [0.29, 0.717) is 6.61 Å². The number of fused-ring (bicyclic) bond motifs is 1. The van der Waals surface area contributed by atoms with Crippen molar-refractivity contribution in [3.63, 3.8) is 0 Å². The summed E-state index contributed by atoms with van der Waals surface area (Å²) in [5, 5.41) is 1.12. The molecule has 1 fully saturated rings. The van der Waals surface area contributed by atoms with Crippen molar-refractivity contribution in [2.45, 2.75) is 59.7 Å². The molecule has 1 aliphatic carbocycles. The van der Waals surface area contributed by atoms with E-state index in [-0.39, 0.29) is 17.3 Å². The molecule has 0 spiro atoms. The lowest BCUT2D eigenvalue weighted by atomic mass is 9.96. The summed E-state index contributed by atoms with van der Waals surface area (Å²) in [6, 6.07) is 18.5. The molecule has 1 unspecified atom stereocenters. The van der Waals surface area contributed by atoms with Crippen molar-refractivity contribution in [1.82, 2.24) is 4.98 Å². The molecule has 4 nitrogen and oxygen atoms in total. The van der Waals surface area contributed by atoms with E-state index in [1.54, 1.807) is 0 Å². The largest absolute Gasteiger partial charge is 0.489 e. The molecule has 0 N–H and O–H groups in total. The fraction of sp³-hybridized carbons (Fsp3) is 0.407. The number of rotatable bonds is 6. The average Bonchev–Trinajstić information content (AvgIpc) is 3.37. The zero-order valence-corrected chi connectivity index (χ0v) is 19.1. The van der Waals surface area contributed by atoms with Crippen LogP contribution in [0.3, 0.4) is 0 Å². The third-order valence-corrected chi connectivity index (χ3v) is 5.90. The van der Waals surface area contributed by atoms with Gasteiger partial charge in [-0.1, -0.05) is 37.3 Å². The van der Waals surface area contributed by atoms with Crippen LogP contribution in [-0.4, -0.2) is 16.6 Å². The first-order chi connectivity index (χ1) is 14.6. The molecule has 4 rings (SSSR count). The number of aromatic nitrogens is 1. The highest BCUT2D eigenvalue weighted by Crippen LogP contribution is 2.55. The van der Waals surface area contributed by atoms with Crippen molar-refractivity contribution in [1.29, 1.82) is 0 Å². The number of ether oxygens (including phenoxy) is 2. The molecule has 0 radical (unpaired) electrons. The van der Waals surface area contributed by atoms with Crippen molar-refractivity contribution >= 4 is 16.9 Å². The van der Waals surface area contributed by atoms with E-state index >= 15 is 0 Å². The highest BCUT2D eigenvalue weighted by Gasteiger charge is 2.55. The molecule has 4 heteroatoms. The quantitative estimate of drug-likeness (QED) is 0.459. The smallest absolute Gasteiger partial charge is 0.310 e. The van der Waals surface area contributed by atoms with Crippen molar-refractivity contribution in [3.8, 4) is 5.75 Å². The van der Waals surface area contributed by atoms with E-state index in [0.717, 1.165) is 40.8 Å². The molecular weight excluding hydrogens is 386 g/mol. The number of nitrogens with zero attached hydrogens (tertiary/aromatic N) is 1. The summed E-state index contributed by atoms with van der Waals surface area (Å²) in [4.78, 5) is 17.0. The lowest BCUT2D eigenvalue weighted by Crippen LogP contribution is -2.26. The summed E-state index contributed by atoms with van der Waals surface area (Å²) >= 11 is 0. The minimum Gasteiger partial charge on any atom is -0.489 e. The Labute approximate surface area is 184 Å². The molecule has 0 bridgehead atoms. The summed E-state index contributed by atoms with van der Waals surface area (Å²) in [5.41, 5.74) is 3.89. The van der Waals surface area contributed by atoms with Gasteiger partial charge < -0.3 is 9.47 Å². The van der Waals surface area contributed by atoms with Crippen LogP contribution in [0.5, 0.6) is 5.75 Å². The van der Waals surface area contributed by atoms with Crippen LogP contribution < -0.4 is 4.74 Å². The van der Waals surface area contributed by atoms with Gasteiger partial charge in [0.15, 0.2) is 0 Å². The molecule has 1 aromatic heterocycles. The van der Waals surface area contributed by atoms with E-state index in [4.69, 9.17) is 9.47 Å². The molecule has 0 aliphatic heterocycles. The van der Waals surface area contributed by atoms with Gasteiger partial charge >= 0.3 is 5.97 Å². The van der Waals surface area contributed by atoms with Gasteiger partial charge in [-0.25, -0.2) is 0 Å². The highest BCUT2D eigenvalue weighted by molar-refractivity contribution is 5.82. The monoisotopic (exact) mass is 417 g/mol. The molecule has 3 aromatic rings. The third kappa shape index (κ3) is 5.07. The molecule has 1 aliphatic rings. The van der Waals surface area contributed by atoms with Gasteiger partial charge in [-0.05, 0) is 75.8 Å². The number of hydrogen-bond acceptors (Lipinski definition) is 4. The van der Waals surface area contributed by atoms with Gasteiger partial charge in [0.2, 0.25) is 0 Å². The third-order valence-electron chi connectivity index (χ3n) is 5.90. The molecule has 1 saturated carbocycles. The predicted molar refractivity (Wildman–Crippen MR) is 123 cm³/mol. The zero-order chi connectivity index (χ0) is 22.2. The Bertz CT molecular complexity index is 1100. The van der Waals surface area contributed by atoms with Crippen LogP contribution in [0.1, 0.15) is 50.9 Å². The Morgan fingerprint density at radius 2 is 1.84 bits per heavy atom. The van der Waals surface area contributed by atoms with Gasteiger partial charge in [0, 0.05) is 16.6 Å². The van der Waals surface area contributed by atoms with Crippen LogP contribution in [-0.2, 0) is 22.6 Å². The topological polar surface area (TPSA) is 48.4 Å². The average molecular weight is 418 g/mol. The van der Waals surface area contributed by atoms with Crippen LogP contribution in [0, 0.1) is 18.3 Å². The van der Waals surface area contributed by atoms with E-state index in [1.165, 1.54) is 5.56 Å². The Morgan fingerprint density at radius 3 is 2.55 bits per heavy atom. The van der Waals surface area contributed by atoms with E-state index in [1.807, 2.05) is 58.0 Å². The van der Waals surface area contributed by atoms with E-state index < -0.39 is 5.60 Å². The number of carbonyl (C=O) groups is 1. The Hall–Kier alpha value is -2.88. The highest BCUT2D eigenvalue weighted by atomic mass is 16.6. The van der Waals surface area contributed by atoms with Gasteiger partial charge in [0.1, 0.15) is 18.0 Å². The Morgan fingerprint density at radius 1 is 1.13 bits per heavy atom. The molecule has 31 heavy (non-hydrogen) atoms. The maximum Gasteiger partial charge on any atom is 0.310 e. The summed E-state index contributed by atoms with van der Waals surface area (Å²) in [5.74, 6) is 0.757. The standard InChI is InChI=1S/C27H31NO3/c1-18-14-20(22-8-6-7-9-24(22)28-18)17-30-21-12-10-19(11-13-21)15-27(5)16-23(27)25(29)31-26(2,3)4/h6-14,23H,15-17H2,1-5H3/t23?,27-/m1/s1. The van der Waals surface area contributed by atoms with Gasteiger partial charge in [0.25, 0.3) is 0 Å². The fourth-order valence-electron chi connectivity index (χ4n) is 4.19. The minimum absolute atomic E-state index is 0.00846. The maximum atomic E-state index is 12.4. The van der Waals surface area contributed by atoms with Gasteiger partial charge in [-0.2, -0.15) is 0 Å².